The topological polar surface area (TPSA) is 67.9 Å². The fraction of sp³-hybridized carbons (Fsp3) is 0.959. The summed E-state index contributed by atoms with van der Waals surface area (Å²) < 4.78 is 15.4. The van der Waals surface area contributed by atoms with Crippen LogP contribution in [0.1, 0.15) is 259 Å². The predicted octanol–water partition coefficient (Wildman–Crippen LogP) is 15.1. The maximum absolute atomic E-state index is 12.8. The van der Waals surface area contributed by atoms with Crippen molar-refractivity contribution in [2.75, 3.05) is 32.4 Å². The monoisotopic (exact) mass is 811 g/mol. The highest BCUT2D eigenvalue weighted by atomic mass is 32.2. The van der Waals surface area contributed by atoms with Crippen molar-refractivity contribution < 1.29 is 19.1 Å². The molecule has 0 aliphatic heterocycles. The van der Waals surface area contributed by atoms with Gasteiger partial charge in [-0.3, -0.25) is 14.3 Å². The molecule has 0 aromatic carbocycles. The van der Waals surface area contributed by atoms with Gasteiger partial charge in [-0.05, 0) is 103 Å². The van der Waals surface area contributed by atoms with E-state index in [0.29, 0.717) is 12.8 Å². The zero-order chi connectivity index (χ0) is 41.0. The van der Waals surface area contributed by atoms with Crippen LogP contribution in [0.25, 0.3) is 0 Å². The van der Waals surface area contributed by atoms with Crippen molar-refractivity contribution in [1.29, 1.82) is 0 Å². The summed E-state index contributed by atoms with van der Waals surface area (Å²) in [5.41, 5.74) is 0. The molecule has 6 nitrogen and oxygen atoms in total. The van der Waals surface area contributed by atoms with Gasteiger partial charge in [0.25, 0.3) is 0 Å². The lowest BCUT2D eigenvalue weighted by molar-refractivity contribution is -0.151. The van der Waals surface area contributed by atoms with E-state index < -0.39 is 0 Å². The summed E-state index contributed by atoms with van der Waals surface area (Å²) in [5, 5.41) is 0. The van der Waals surface area contributed by atoms with E-state index in [1.165, 1.54) is 174 Å². The summed E-state index contributed by atoms with van der Waals surface area (Å²) in [6.45, 7) is 13.5. The van der Waals surface area contributed by atoms with Gasteiger partial charge in [0.05, 0.1) is 0 Å². The molecule has 0 spiro atoms. The first-order chi connectivity index (χ1) is 27.5. The minimum Gasteiger partial charge on any atom is -0.462 e. The Morgan fingerprint density at radius 2 is 0.768 bits per heavy atom. The number of hydrogen-bond donors (Lipinski definition) is 1. The van der Waals surface area contributed by atoms with Gasteiger partial charge in [-0.25, -0.2) is 0 Å². The molecule has 0 aliphatic rings. The lowest BCUT2D eigenvalue weighted by atomic mass is 10.0. The van der Waals surface area contributed by atoms with Crippen LogP contribution >= 0.6 is 11.9 Å². The quantitative estimate of drug-likeness (QED) is 0.0373. The van der Waals surface area contributed by atoms with E-state index in [4.69, 9.17) is 9.47 Å². The van der Waals surface area contributed by atoms with Gasteiger partial charge in [0.15, 0.2) is 0 Å². The Balaban J connectivity index is 4.30. The van der Waals surface area contributed by atoms with Gasteiger partial charge < -0.3 is 14.4 Å². The Bertz CT molecular complexity index is 799. The summed E-state index contributed by atoms with van der Waals surface area (Å²) in [4.78, 5) is 28.0. The molecule has 56 heavy (non-hydrogen) atoms. The number of rotatable bonds is 46. The lowest BCUT2D eigenvalue weighted by Crippen LogP contribution is -2.29. The van der Waals surface area contributed by atoms with E-state index >= 15 is 0 Å². The summed E-state index contributed by atoms with van der Waals surface area (Å²) in [6.07, 6.45) is 44.6. The molecule has 0 saturated carbocycles. The first kappa shape index (κ1) is 55.2. The second-order valence-corrected chi connectivity index (χ2v) is 17.7. The maximum atomic E-state index is 12.8. The molecule has 0 fully saturated rings. The Morgan fingerprint density at radius 1 is 0.429 bits per heavy atom. The molecule has 1 atom stereocenters. The number of carbonyl (C=O) groups is 2. The van der Waals surface area contributed by atoms with E-state index in [9.17, 15) is 9.59 Å². The SMILES string of the molecule is CCCCCCCCC(CCC)OC(=O)CCCCCCCN(CCCCCCCC(=O)OC(CCCCCCCC)CCCCCCCC)CCCNSC. The second kappa shape index (κ2) is 45.3. The first-order valence-electron chi connectivity index (χ1n) is 24.9. The Morgan fingerprint density at radius 3 is 1.16 bits per heavy atom. The molecule has 0 saturated heterocycles. The van der Waals surface area contributed by atoms with Crippen molar-refractivity contribution in [2.24, 2.45) is 0 Å². The van der Waals surface area contributed by atoms with Crippen LogP contribution in [0.15, 0.2) is 0 Å². The van der Waals surface area contributed by atoms with Crippen LogP contribution in [0.4, 0.5) is 0 Å². The van der Waals surface area contributed by atoms with Crippen LogP contribution in [0.3, 0.4) is 0 Å². The number of hydrogen-bond acceptors (Lipinski definition) is 7. The van der Waals surface area contributed by atoms with Gasteiger partial charge in [-0.1, -0.05) is 181 Å². The first-order valence-corrected chi connectivity index (χ1v) is 26.1. The third-order valence-electron chi connectivity index (χ3n) is 11.5. The fourth-order valence-electron chi connectivity index (χ4n) is 7.88. The van der Waals surface area contributed by atoms with Crippen molar-refractivity contribution in [1.82, 2.24) is 9.62 Å². The third kappa shape index (κ3) is 40.0. The van der Waals surface area contributed by atoms with E-state index in [-0.39, 0.29) is 24.1 Å². The Labute approximate surface area is 354 Å². The number of nitrogens with zero attached hydrogens (tertiary/aromatic N) is 1. The van der Waals surface area contributed by atoms with Crippen molar-refractivity contribution in [2.45, 2.75) is 271 Å². The van der Waals surface area contributed by atoms with Crippen LogP contribution in [0, 0.1) is 0 Å². The second-order valence-electron chi connectivity index (χ2n) is 17.0. The average molecular weight is 811 g/mol. The summed E-state index contributed by atoms with van der Waals surface area (Å²) >= 11 is 1.71. The maximum Gasteiger partial charge on any atom is 0.306 e. The van der Waals surface area contributed by atoms with E-state index in [1.54, 1.807) is 11.9 Å². The zero-order valence-electron chi connectivity index (χ0n) is 38.4. The summed E-state index contributed by atoms with van der Waals surface area (Å²) in [7, 11) is 0. The van der Waals surface area contributed by atoms with Crippen molar-refractivity contribution in [3.05, 3.63) is 0 Å². The highest BCUT2D eigenvalue weighted by Crippen LogP contribution is 2.19. The van der Waals surface area contributed by atoms with E-state index in [2.05, 4.69) is 43.6 Å². The molecular weight excluding hydrogens is 713 g/mol. The molecule has 7 heteroatoms. The van der Waals surface area contributed by atoms with E-state index in [1.807, 2.05) is 0 Å². The standard InChI is InChI=1S/C49H98N2O4S/c1-6-10-13-16-21-28-37-46(36-9-4)54-48(52)40-31-24-19-26-33-43-51(45-35-42-50-56-5)44-34-27-20-25-32-41-49(53)55-47(38-29-22-17-14-11-7-2)39-30-23-18-15-12-8-3/h46-47,50H,6-45H2,1-5H3. The van der Waals surface area contributed by atoms with Crippen molar-refractivity contribution >= 4 is 23.9 Å². The van der Waals surface area contributed by atoms with Gasteiger partial charge in [-0.2, -0.15) is 0 Å². The molecule has 0 heterocycles. The summed E-state index contributed by atoms with van der Waals surface area (Å²) in [6, 6.07) is 0. The predicted molar refractivity (Wildman–Crippen MR) is 247 cm³/mol. The summed E-state index contributed by atoms with van der Waals surface area (Å²) in [5.74, 6) is 0.0574. The highest BCUT2D eigenvalue weighted by Gasteiger charge is 2.15. The van der Waals surface area contributed by atoms with Crippen LogP contribution in [0.5, 0.6) is 0 Å². The smallest absolute Gasteiger partial charge is 0.306 e. The largest absolute Gasteiger partial charge is 0.462 e. The van der Waals surface area contributed by atoms with Crippen molar-refractivity contribution in [3.63, 3.8) is 0 Å². The van der Waals surface area contributed by atoms with Crippen molar-refractivity contribution in [3.8, 4) is 0 Å². The highest BCUT2D eigenvalue weighted by molar-refractivity contribution is 7.96. The van der Waals surface area contributed by atoms with Crippen LogP contribution < -0.4 is 4.72 Å². The molecule has 0 aliphatic carbocycles. The van der Waals surface area contributed by atoms with Gasteiger partial charge in [-0.15, -0.1) is 0 Å². The molecule has 334 valence electrons. The van der Waals surface area contributed by atoms with Crippen LogP contribution in [-0.4, -0.2) is 61.5 Å². The molecule has 0 radical (unpaired) electrons. The minimum absolute atomic E-state index is 0.0191. The lowest BCUT2D eigenvalue weighted by Gasteiger charge is -2.22. The molecule has 0 aromatic heterocycles. The third-order valence-corrected chi connectivity index (χ3v) is 11.9. The molecule has 1 N–H and O–H groups in total. The fourth-order valence-corrected chi connectivity index (χ4v) is 8.22. The molecule has 0 amide bonds. The van der Waals surface area contributed by atoms with E-state index in [0.717, 1.165) is 70.9 Å². The number of carbonyl (C=O) groups excluding carboxylic acids is 2. The normalized spacial score (nSPS) is 12.2. The molecule has 0 bridgehead atoms. The average Bonchev–Trinajstić information content (AvgIpc) is 3.19. The van der Waals surface area contributed by atoms with Crippen LogP contribution in [0.2, 0.25) is 0 Å². The van der Waals surface area contributed by atoms with Gasteiger partial charge in [0.2, 0.25) is 0 Å². The zero-order valence-corrected chi connectivity index (χ0v) is 39.2. The molecular formula is C49H98N2O4S. The Kier molecular flexibility index (Phi) is 44.7. The van der Waals surface area contributed by atoms with Gasteiger partial charge in [0.1, 0.15) is 12.2 Å². The van der Waals surface area contributed by atoms with Crippen LogP contribution in [-0.2, 0) is 19.1 Å². The molecule has 0 aromatic rings. The number of nitrogens with one attached hydrogen (secondary N) is 1. The van der Waals surface area contributed by atoms with Gasteiger partial charge in [0, 0.05) is 19.4 Å². The minimum atomic E-state index is 0.0191. The molecule has 1 unspecified atom stereocenters. The van der Waals surface area contributed by atoms with Gasteiger partial charge >= 0.3 is 11.9 Å². The number of esters is 2. The Hall–Kier alpha value is -0.790. The molecule has 0 rings (SSSR count). The number of unbranched alkanes of at least 4 members (excludes halogenated alkanes) is 23. The number of ether oxygens (including phenoxy) is 2.